The smallest absolute Gasteiger partial charge is 0.237 e. The summed E-state index contributed by atoms with van der Waals surface area (Å²) >= 11 is 0. The predicted molar refractivity (Wildman–Crippen MR) is 97.4 cm³/mol. The van der Waals surface area contributed by atoms with Gasteiger partial charge in [-0.1, -0.05) is 0 Å². The molecular formula is C18H31N5O2. The van der Waals surface area contributed by atoms with E-state index < -0.39 is 0 Å². The Morgan fingerprint density at radius 2 is 1.68 bits per heavy atom. The lowest BCUT2D eigenvalue weighted by atomic mass is 9.97. The van der Waals surface area contributed by atoms with Crippen LogP contribution in [0.25, 0.3) is 0 Å². The van der Waals surface area contributed by atoms with Gasteiger partial charge in [-0.3, -0.25) is 19.6 Å². The second-order valence-corrected chi connectivity index (χ2v) is 7.27. The first-order valence-corrected chi connectivity index (χ1v) is 9.07. The van der Waals surface area contributed by atoms with Crippen molar-refractivity contribution in [2.45, 2.75) is 59.5 Å². The van der Waals surface area contributed by atoms with E-state index in [1.807, 2.05) is 46.4 Å². The maximum Gasteiger partial charge on any atom is 0.237 e. The molecule has 2 amide bonds. The minimum atomic E-state index is -0.202. The van der Waals surface area contributed by atoms with E-state index in [1.54, 1.807) is 0 Å². The number of nitrogens with zero attached hydrogens (tertiary/aromatic N) is 3. The third-order valence-electron chi connectivity index (χ3n) is 4.97. The lowest BCUT2D eigenvalue weighted by molar-refractivity contribution is -0.135. The van der Waals surface area contributed by atoms with Gasteiger partial charge in [-0.25, -0.2) is 0 Å². The summed E-state index contributed by atoms with van der Waals surface area (Å²) in [6, 6.07) is -0.0319. The van der Waals surface area contributed by atoms with Crippen LogP contribution in [0.5, 0.6) is 0 Å². The van der Waals surface area contributed by atoms with Gasteiger partial charge in [0.25, 0.3) is 0 Å². The molecule has 0 aromatic carbocycles. The van der Waals surface area contributed by atoms with Crippen LogP contribution in [-0.4, -0.2) is 70.1 Å². The summed E-state index contributed by atoms with van der Waals surface area (Å²) in [6.07, 6.45) is 0. The number of hydrogen-bond acceptors (Lipinski definition) is 4. The number of piperazine rings is 1. The third kappa shape index (κ3) is 4.39. The lowest BCUT2D eigenvalue weighted by Crippen LogP contribution is -2.56. The summed E-state index contributed by atoms with van der Waals surface area (Å²) in [4.78, 5) is 29.0. The second kappa shape index (κ2) is 7.99. The number of aromatic amines is 1. The first kappa shape index (κ1) is 19.4. The quantitative estimate of drug-likeness (QED) is 0.837. The maximum absolute atomic E-state index is 12.8. The van der Waals surface area contributed by atoms with E-state index in [4.69, 9.17) is 0 Å². The van der Waals surface area contributed by atoms with Crippen LogP contribution in [-0.2, 0) is 9.59 Å². The number of carbonyl (C=O) groups is 2. The molecule has 2 heterocycles. The highest BCUT2D eigenvalue weighted by Gasteiger charge is 2.31. The number of amides is 2. The second-order valence-electron chi connectivity index (χ2n) is 7.27. The van der Waals surface area contributed by atoms with E-state index in [0.717, 1.165) is 17.0 Å². The number of aryl methyl sites for hydroxylation is 2. The van der Waals surface area contributed by atoms with Crippen molar-refractivity contribution >= 4 is 11.8 Å². The molecule has 2 rings (SSSR count). The fraction of sp³-hybridized carbons (Fsp3) is 0.722. The van der Waals surface area contributed by atoms with Crippen molar-refractivity contribution in [2.24, 2.45) is 0 Å². The number of rotatable bonds is 5. The van der Waals surface area contributed by atoms with E-state index in [2.05, 4.69) is 20.4 Å². The van der Waals surface area contributed by atoms with Gasteiger partial charge in [0.1, 0.15) is 0 Å². The Balaban J connectivity index is 1.93. The standard InChI is InChI=1S/C18H31N5O2/c1-11(2)19-17(24)15(6)22-7-9-23(10-8-22)18(25)12(3)16-13(4)20-21-14(16)5/h11-12,15H,7-10H2,1-6H3,(H,19,24)(H,20,21)/t12-,15+/m1/s1. The van der Waals surface area contributed by atoms with Crippen molar-refractivity contribution in [2.75, 3.05) is 26.2 Å². The summed E-state index contributed by atoms with van der Waals surface area (Å²) < 4.78 is 0. The summed E-state index contributed by atoms with van der Waals surface area (Å²) in [7, 11) is 0. The molecule has 7 heteroatoms. The molecule has 1 aromatic heterocycles. The van der Waals surface area contributed by atoms with Gasteiger partial charge in [0.2, 0.25) is 11.8 Å². The van der Waals surface area contributed by atoms with Crippen molar-refractivity contribution in [1.29, 1.82) is 0 Å². The Hall–Kier alpha value is -1.89. The van der Waals surface area contributed by atoms with Gasteiger partial charge in [0.05, 0.1) is 17.7 Å². The molecule has 0 aliphatic carbocycles. The zero-order valence-electron chi connectivity index (χ0n) is 16.2. The molecule has 0 saturated carbocycles. The number of carbonyl (C=O) groups excluding carboxylic acids is 2. The average molecular weight is 349 g/mol. The Morgan fingerprint density at radius 1 is 1.08 bits per heavy atom. The van der Waals surface area contributed by atoms with Crippen molar-refractivity contribution in [3.8, 4) is 0 Å². The molecule has 0 radical (unpaired) electrons. The first-order chi connectivity index (χ1) is 11.7. The Morgan fingerprint density at radius 3 is 2.16 bits per heavy atom. The molecule has 1 saturated heterocycles. The summed E-state index contributed by atoms with van der Waals surface area (Å²) in [6.45, 7) is 14.4. The fourth-order valence-electron chi connectivity index (χ4n) is 3.50. The summed E-state index contributed by atoms with van der Waals surface area (Å²) in [5.41, 5.74) is 2.84. The van der Waals surface area contributed by atoms with Crippen LogP contribution in [0.3, 0.4) is 0 Å². The normalized spacial score (nSPS) is 18.3. The Bertz CT molecular complexity index is 597. The highest BCUT2D eigenvalue weighted by Crippen LogP contribution is 2.24. The molecule has 25 heavy (non-hydrogen) atoms. The number of H-pyrrole nitrogens is 1. The van der Waals surface area contributed by atoms with E-state index in [1.165, 1.54) is 0 Å². The molecule has 0 bridgehead atoms. The molecule has 0 unspecified atom stereocenters. The number of hydrogen-bond donors (Lipinski definition) is 2. The van der Waals surface area contributed by atoms with Gasteiger partial charge >= 0.3 is 0 Å². The molecule has 1 aliphatic rings. The van der Waals surface area contributed by atoms with Gasteiger partial charge in [-0.05, 0) is 41.5 Å². The SMILES string of the molecule is Cc1n[nH]c(C)c1[C@@H](C)C(=O)N1CCN([C@@H](C)C(=O)NC(C)C)CC1. The molecule has 0 spiro atoms. The highest BCUT2D eigenvalue weighted by atomic mass is 16.2. The van der Waals surface area contributed by atoms with Gasteiger partial charge in [-0.2, -0.15) is 5.10 Å². The van der Waals surface area contributed by atoms with Crippen LogP contribution in [0.2, 0.25) is 0 Å². The molecule has 140 valence electrons. The molecular weight excluding hydrogens is 318 g/mol. The zero-order valence-corrected chi connectivity index (χ0v) is 16.2. The molecule has 7 nitrogen and oxygen atoms in total. The third-order valence-corrected chi connectivity index (χ3v) is 4.97. The molecule has 2 atom stereocenters. The molecule has 1 aromatic rings. The summed E-state index contributed by atoms with van der Waals surface area (Å²) in [5.74, 6) is -0.0220. The summed E-state index contributed by atoms with van der Waals surface area (Å²) in [5, 5.41) is 10.1. The van der Waals surface area contributed by atoms with Crippen molar-refractivity contribution < 1.29 is 9.59 Å². The van der Waals surface area contributed by atoms with Gasteiger partial charge < -0.3 is 10.2 Å². The molecule has 1 aliphatic heterocycles. The first-order valence-electron chi connectivity index (χ1n) is 9.07. The lowest BCUT2D eigenvalue weighted by Gasteiger charge is -2.38. The van der Waals surface area contributed by atoms with Gasteiger partial charge in [-0.15, -0.1) is 0 Å². The Labute approximate surface area is 150 Å². The average Bonchev–Trinajstić information content (AvgIpc) is 2.91. The number of aromatic nitrogens is 2. The highest BCUT2D eigenvalue weighted by molar-refractivity contribution is 5.84. The molecule has 1 fully saturated rings. The van der Waals surface area contributed by atoms with E-state index >= 15 is 0 Å². The van der Waals surface area contributed by atoms with E-state index in [-0.39, 0.29) is 29.8 Å². The van der Waals surface area contributed by atoms with Crippen LogP contribution < -0.4 is 5.32 Å². The Kier molecular flexibility index (Phi) is 6.21. The van der Waals surface area contributed by atoms with Crippen LogP contribution >= 0.6 is 0 Å². The molecule has 2 N–H and O–H groups in total. The van der Waals surface area contributed by atoms with Crippen LogP contribution in [0.4, 0.5) is 0 Å². The minimum Gasteiger partial charge on any atom is -0.353 e. The van der Waals surface area contributed by atoms with Crippen molar-refractivity contribution in [3.05, 3.63) is 17.0 Å². The number of nitrogens with one attached hydrogen (secondary N) is 2. The predicted octanol–water partition coefficient (Wildman–Crippen LogP) is 1.19. The van der Waals surface area contributed by atoms with Gasteiger partial charge in [0, 0.05) is 43.5 Å². The monoisotopic (exact) mass is 349 g/mol. The maximum atomic E-state index is 12.8. The largest absolute Gasteiger partial charge is 0.353 e. The van der Waals surface area contributed by atoms with Crippen molar-refractivity contribution in [3.63, 3.8) is 0 Å². The fourth-order valence-corrected chi connectivity index (χ4v) is 3.50. The van der Waals surface area contributed by atoms with Crippen LogP contribution in [0.1, 0.15) is 50.6 Å². The van der Waals surface area contributed by atoms with Crippen LogP contribution in [0.15, 0.2) is 0 Å². The van der Waals surface area contributed by atoms with Crippen LogP contribution in [0, 0.1) is 13.8 Å². The topological polar surface area (TPSA) is 81.3 Å². The zero-order chi connectivity index (χ0) is 18.7. The van der Waals surface area contributed by atoms with E-state index in [0.29, 0.717) is 26.2 Å². The van der Waals surface area contributed by atoms with E-state index in [9.17, 15) is 9.59 Å². The van der Waals surface area contributed by atoms with Gasteiger partial charge in [0.15, 0.2) is 0 Å². The van der Waals surface area contributed by atoms with Crippen molar-refractivity contribution in [1.82, 2.24) is 25.3 Å². The minimum absolute atomic E-state index is 0.0489.